The molecule has 1 atom stereocenters. The summed E-state index contributed by atoms with van der Waals surface area (Å²) < 4.78 is 5.92. The van der Waals surface area contributed by atoms with E-state index in [-0.39, 0.29) is 0 Å². The zero-order valence-electron chi connectivity index (χ0n) is 15.2. The average Bonchev–Trinajstić information content (AvgIpc) is 3.02. The highest BCUT2D eigenvalue weighted by atomic mass is 16.5. The van der Waals surface area contributed by atoms with Crippen LogP contribution in [0.5, 0.6) is 5.75 Å². The van der Waals surface area contributed by atoms with Crippen LogP contribution in [0.4, 0.5) is 0 Å². The first-order valence-electron chi connectivity index (χ1n) is 9.00. The first-order valence-corrected chi connectivity index (χ1v) is 9.00. The minimum absolute atomic E-state index is 0.349. The molecule has 0 saturated heterocycles. The third kappa shape index (κ3) is 3.87. The zero-order valence-corrected chi connectivity index (χ0v) is 15.2. The first kappa shape index (κ1) is 17.5. The van der Waals surface area contributed by atoms with Gasteiger partial charge in [0.1, 0.15) is 5.75 Å². The standard InChI is InChI=1S/C22H26O3/c1-15(2)17-9-11-20(12-10-17)25-22(3,21(23)24)14-16-7-8-18-5-4-6-19(18)13-16/h7-13,15H,4-6,14H2,1-3H3,(H,23,24). The molecular weight excluding hydrogens is 312 g/mol. The number of fused-ring (bicyclic) bond motifs is 1. The van der Waals surface area contributed by atoms with Crippen LogP contribution in [0, 0.1) is 0 Å². The van der Waals surface area contributed by atoms with Gasteiger partial charge < -0.3 is 9.84 Å². The van der Waals surface area contributed by atoms with E-state index in [2.05, 4.69) is 26.0 Å². The highest BCUT2D eigenvalue weighted by Crippen LogP contribution is 2.28. The molecule has 0 heterocycles. The van der Waals surface area contributed by atoms with E-state index in [1.807, 2.05) is 30.3 Å². The highest BCUT2D eigenvalue weighted by Gasteiger charge is 2.36. The van der Waals surface area contributed by atoms with E-state index in [4.69, 9.17) is 4.74 Å². The van der Waals surface area contributed by atoms with Crippen LogP contribution < -0.4 is 4.74 Å². The Morgan fingerprint density at radius 1 is 1.12 bits per heavy atom. The summed E-state index contributed by atoms with van der Waals surface area (Å²) in [6.45, 7) is 5.91. The third-order valence-electron chi connectivity index (χ3n) is 5.05. The van der Waals surface area contributed by atoms with Gasteiger partial charge in [0.2, 0.25) is 5.60 Å². The highest BCUT2D eigenvalue weighted by molar-refractivity contribution is 5.78. The van der Waals surface area contributed by atoms with E-state index in [1.54, 1.807) is 6.92 Å². The SMILES string of the molecule is CC(C)c1ccc(OC(C)(Cc2ccc3c(c2)CCC3)C(=O)O)cc1. The Kier molecular flexibility index (Phi) is 4.85. The summed E-state index contributed by atoms with van der Waals surface area (Å²) in [4.78, 5) is 11.9. The maximum atomic E-state index is 11.9. The van der Waals surface area contributed by atoms with Gasteiger partial charge in [-0.05, 0) is 66.5 Å². The molecule has 0 amide bonds. The predicted molar refractivity (Wildman–Crippen MR) is 99.4 cm³/mol. The molecule has 2 aromatic carbocycles. The van der Waals surface area contributed by atoms with Crippen LogP contribution in [0.3, 0.4) is 0 Å². The number of benzene rings is 2. The van der Waals surface area contributed by atoms with Gasteiger partial charge in [-0.15, -0.1) is 0 Å². The second-order valence-electron chi connectivity index (χ2n) is 7.50. The number of hydrogen-bond acceptors (Lipinski definition) is 2. The number of carboxylic acid groups (broad SMARTS) is 1. The molecule has 0 saturated carbocycles. The molecule has 0 spiro atoms. The Bertz CT molecular complexity index is 761. The maximum Gasteiger partial charge on any atom is 0.348 e. The molecule has 0 bridgehead atoms. The molecule has 0 aliphatic heterocycles. The fraction of sp³-hybridized carbons (Fsp3) is 0.409. The molecule has 3 heteroatoms. The van der Waals surface area contributed by atoms with Gasteiger partial charge in [0.25, 0.3) is 0 Å². The Balaban J connectivity index is 1.80. The van der Waals surface area contributed by atoms with Crippen LogP contribution in [-0.4, -0.2) is 16.7 Å². The minimum Gasteiger partial charge on any atom is -0.478 e. The maximum absolute atomic E-state index is 11.9. The van der Waals surface area contributed by atoms with Gasteiger partial charge in [-0.25, -0.2) is 4.79 Å². The van der Waals surface area contributed by atoms with Crippen molar-refractivity contribution in [1.82, 2.24) is 0 Å². The quantitative estimate of drug-likeness (QED) is 0.826. The molecular formula is C22H26O3. The van der Waals surface area contributed by atoms with Crippen molar-refractivity contribution in [3.8, 4) is 5.75 Å². The van der Waals surface area contributed by atoms with E-state index < -0.39 is 11.6 Å². The Labute approximate surface area is 149 Å². The van der Waals surface area contributed by atoms with Crippen molar-refractivity contribution in [2.75, 3.05) is 0 Å². The Morgan fingerprint density at radius 3 is 2.44 bits per heavy atom. The van der Waals surface area contributed by atoms with Crippen LogP contribution in [0.2, 0.25) is 0 Å². The third-order valence-corrected chi connectivity index (χ3v) is 5.05. The summed E-state index contributed by atoms with van der Waals surface area (Å²) in [6, 6.07) is 14.0. The Morgan fingerprint density at radius 2 is 1.80 bits per heavy atom. The van der Waals surface area contributed by atoms with Crippen LogP contribution in [0.25, 0.3) is 0 Å². The first-order chi connectivity index (χ1) is 11.9. The summed E-state index contributed by atoms with van der Waals surface area (Å²) >= 11 is 0. The van der Waals surface area contributed by atoms with Crippen molar-refractivity contribution < 1.29 is 14.6 Å². The molecule has 132 valence electrons. The van der Waals surface area contributed by atoms with Gasteiger partial charge in [-0.2, -0.15) is 0 Å². The van der Waals surface area contributed by atoms with E-state index in [1.165, 1.54) is 23.1 Å². The molecule has 1 aliphatic carbocycles. The van der Waals surface area contributed by atoms with Crippen molar-refractivity contribution in [1.29, 1.82) is 0 Å². The lowest BCUT2D eigenvalue weighted by Crippen LogP contribution is -2.43. The molecule has 25 heavy (non-hydrogen) atoms. The number of aryl methyl sites for hydroxylation is 2. The van der Waals surface area contributed by atoms with Crippen LogP contribution in [-0.2, 0) is 24.1 Å². The van der Waals surface area contributed by atoms with Crippen molar-refractivity contribution in [2.24, 2.45) is 0 Å². The summed E-state index contributed by atoms with van der Waals surface area (Å²) in [5.41, 5.74) is 3.69. The number of hydrogen-bond donors (Lipinski definition) is 1. The molecule has 0 fully saturated rings. The zero-order chi connectivity index (χ0) is 18.0. The normalized spacial score (nSPS) is 15.7. The lowest BCUT2D eigenvalue weighted by molar-refractivity contribution is -0.153. The molecule has 3 rings (SSSR count). The largest absolute Gasteiger partial charge is 0.478 e. The van der Waals surface area contributed by atoms with Crippen molar-refractivity contribution in [2.45, 2.75) is 58.0 Å². The lowest BCUT2D eigenvalue weighted by Gasteiger charge is -2.27. The summed E-state index contributed by atoms with van der Waals surface area (Å²) in [7, 11) is 0. The summed E-state index contributed by atoms with van der Waals surface area (Å²) in [5.74, 6) is 0.0858. The number of rotatable bonds is 6. The number of carboxylic acids is 1. The van der Waals surface area contributed by atoms with E-state index in [0.717, 1.165) is 18.4 Å². The minimum atomic E-state index is -1.29. The van der Waals surface area contributed by atoms with Gasteiger partial charge in [-0.1, -0.05) is 44.2 Å². The molecule has 0 radical (unpaired) electrons. The second kappa shape index (κ2) is 6.91. The van der Waals surface area contributed by atoms with Gasteiger partial charge in [-0.3, -0.25) is 0 Å². The smallest absolute Gasteiger partial charge is 0.348 e. The molecule has 3 nitrogen and oxygen atoms in total. The molecule has 0 aromatic heterocycles. The van der Waals surface area contributed by atoms with Gasteiger partial charge >= 0.3 is 5.97 Å². The van der Waals surface area contributed by atoms with Crippen LogP contribution >= 0.6 is 0 Å². The summed E-state index contributed by atoms with van der Waals surface area (Å²) in [6.07, 6.45) is 3.75. The second-order valence-corrected chi connectivity index (χ2v) is 7.50. The summed E-state index contributed by atoms with van der Waals surface area (Å²) in [5, 5.41) is 9.77. The Hall–Kier alpha value is -2.29. The van der Waals surface area contributed by atoms with Crippen LogP contribution in [0.15, 0.2) is 42.5 Å². The monoisotopic (exact) mass is 338 g/mol. The number of carbonyl (C=O) groups is 1. The molecule has 1 N–H and O–H groups in total. The molecule has 1 unspecified atom stereocenters. The fourth-order valence-corrected chi connectivity index (χ4v) is 3.46. The van der Waals surface area contributed by atoms with Crippen molar-refractivity contribution >= 4 is 5.97 Å². The topological polar surface area (TPSA) is 46.5 Å². The van der Waals surface area contributed by atoms with Crippen molar-refractivity contribution in [3.05, 3.63) is 64.7 Å². The number of aliphatic carboxylic acids is 1. The average molecular weight is 338 g/mol. The molecule has 1 aliphatic rings. The van der Waals surface area contributed by atoms with Crippen LogP contribution in [0.1, 0.15) is 55.4 Å². The van der Waals surface area contributed by atoms with Gasteiger partial charge in [0.15, 0.2) is 0 Å². The lowest BCUT2D eigenvalue weighted by atomic mass is 9.94. The van der Waals surface area contributed by atoms with E-state index in [0.29, 0.717) is 18.1 Å². The van der Waals surface area contributed by atoms with Gasteiger partial charge in [0.05, 0.1) is 0 Å². The van der Waals surface area contributed by atoms with E-state index in [9.17, 15) is 9.90 Å². The molecule has 2 aromatic rings. The van der Waals surface area contributed by atoms with Crippen molar-refractivity contribution in [3.63, 3.8) is 0 Å². The predicted octanol–water partition coefficient (Wildman–Crippen LogP) is 4.76. The fourth-order valence-electron chi connectivity index (χ4n) is 3.46. The number of ether oxygens (including phenoxy) is 1. The van der Waals surface area contributed by atoms with Gasteiger partial charge in [0, 0.05) is 6.42 Å². The van der Waals surface area contributed by atoms with E-state index >= 15 is 0 Å².